The van der Waals surface area contributed by atoms with E-state index in [1.165, 1.54) is 23.0 Å². The van der Waals surface area contributed by atoms with Crippen molar-refractivity contribution in [2.24, 2.45) is 5.92 Å². The first-order valence-electron chi connectivity index (χ1n) is 12.6. The third kappa shape index (κ3) is 6.28. The summed E-state index contributed by atoms with van der Waals surface area (Å²) in [6.07, 6.45) is 4.65. The summed E-state index contributed by atoms with van der Waals surface area (Å²) in [4.78, 5) is 31.5. The van der Waals surface area contributed by atoms with Gasteiger partial charge >= 0.3 is 6.09 Å². The second-order valence-electron chi connectivity index (χ2n) is 10.4. The molecule has 0 atom stereocenters. The zero-order valence-corrected chi connectivity index (χ0v) is 21.7. The Bertz CT molecular complexity index is 1430. The molecule has 0 saturated carbocycles. The van der Waals surface area contributed by atoms with Crippen molar-refractivity contribution < 1.29 is 23.0 Å². The SMILES string of the molecule is CC(C)(C)OC(=O)N1CCC(CCCn2cnc3ccc(Oc4c(F)ccc(F)c4C#N)cc3c2=O)CC1. The molecule has 0 bridgehead atoms. The van der Waals surface area contributed by atoms with Gasteiger partial charge in [0.15, 0.2) is 11.6 Å². The number of hydrogen-bond donors (Lipinski definition) is 0. The van der Waals surface area contributed by atoms with Gasteiger partial charge in [0.1, 0.15) is 28.8 Å². The van der Waals surface area contributed by atoms with E-state index in [1.807, 2.05) is 20.8 Å². The summed E-state index contributed by atoms with van der Waals surface area (Å²) in [5.41, 5.74) is -0.906. The Morgan fingerprint density at radius 3 is 2.55 bits per heavy atom. The quantitative estimate of drug-likeness (QED) is 0.406. The molecule has 8 nitrogen and oxygen atoms in total. The Hall–Kier alpha value is -4.00. The number of aromatic nitrogens is 2. The molecule has 2 heterocycles. The molecule has 0 aliphatic carbocycles. The van der Waals surface area contributed by atoms with E-state index in [-0.39, 0.29) is 22.8 Å². The average molecular weight is 525 g/mol. The Morgan fingerprint density at radius 2 is 1.87 bits per heavy atom. The molecule has 1 aliphatic heterocycles. The number of rotatable bonds is 6. The van der Waals surface area contributed by atoms with Gasteiger partial charge in [-0.05, 0) is 82.7 Å². The van der Waals surface area contributed by atoms with Gasteiger partial charge in [-0.2, -0.15) is 5.26 Å². The number of fused-ring (bicyclic) bond motifs is 1. The normalized spacial score (nSPS) is 14.4. The number of amides is 1. The van der Waals surface area contributed by atoms with Gasteiger partial charge in [0, 0.05) is 19.6 Å². The maximum atomic E-state index is 14.2. The van der Waals surface area contributed by atoms with Crippen LogP contribution in [0.15, 0.2) is 41.5 Å². The molecule has 3 aromatic rings. The molecule has 0 spiro atoms. The Morgan fingerprint density at radius 1 is 1.16 bits per heavy atom. The monoisotopic (exact) mass is 524 g/mol. The number of piperidine rings is 1. The highest BCUT2D eigenvalue weighted by Gasteiger charge is 2.26. The molecule has 0 N–H and O–H groups in total. The molecule has 1 fully saturated rings. The van der Waals surface area contributed by atoms with Gasteiger partial charge in [0.25, 0.3) is 5.56 Å². The summed E-state index contributed by atoms with van der Waals surface area (Å²) in [7, 11) is 0. The number of likely N-dealkylation sites (tertiary alicyclic amines) is 1. The van der Waals surface area contributed by atoms with E-state index in [0.29, 0.717) is 31.1 Å². The summed E-state index contributed by atoms with van der Waals surface area (Å²) < 4.78 is 40.6. The Labute approximate surface area is 219 Å². The van der Waals surface area contributed by atoms with E-state index in [4.69, 9.17) is 9.47 Å². The maximum absolute atomic E-state index is 14.2. The molecule has 1 aromatic heterocycles. The van der Waals surface area contributed by atoms with Crippen molar-refractivity contribution in [2.45, 2.75) is 58.6 Å². The number of carbonyl (C=O) groups is 1. The van der Waals surface area contributed by atoms with E-state index >= 15 is 0 Å². The van der Waals surface area contributed by atoms with Crippen LogP contribution >= 0.6 is 0 Å². The van der Waals surface area contributed by atoms with Crippen LogP contribution in [0, 0.1) is 28.9 Å². The van der Waals surface area contributed by atoms with Crippen LogP contribution in [-0.2, 0) is 11.3 Å². The predicted octanol–water partition coefficient (Wildman–Crippen LogP) is 5.77. The molecule has 38 heavy (non-hydrogen) atoms. The van der Waals surface area contributed by atoms with Gasteiger partial charge < -0.3 is 14.4 Å². The van der Waals surface area contributed by atoms with E-state index in [1.54, 1.807) is 17.0 Å². The molecule has 200 valence electrons. The highest BCUT2D eigenvalue weighted by Crippen LogP contribution is 2.31. The smallest absolute Gasteiger partial charge is 0.410 e. The van der Waals surface area contributed by atoms with Gasteiger partial charge in [-0.25, -0.2) is 18.6 Å². The number of ether oxygens (including phenoxy) is 2. The van der Waals surface area contributed by atoms with Crippen LogP contribution in [0.1, 0.15) is 52.0 Å². The topological polar surface area (TPSA) is 97.4 Å². The molecule has 1 aliphatic rings. The summed E-state index contributed by atoms with van der Waals surface area (Å²) >= 11 is 0. The summed E-state index contributed by atoms with van der Waals surface area (Å²) in [5, 5.41) is 9.45. The van der Waals surface area contributed by atoms with E-state index < -0.39 is 28.5 Å². The number of halogens is 2. The maximum Gasteiger partial charge on any atom is 0.410 e. The Balaban J connectivity index is 1.39. The third-order valence-corrected chi connectivity index (χ3v) is 6.46. The van der Waals surface area contributed by atoms with Crippen molar-refractivity contribution in [3.05, 3.63) is 64.2 Å². The van der Waals surface area contributed by atoms with Crippen molar-refractivity contribution in [2.75, 3.05) is 13.1 Å². The van der Waals surface area contributed by atoms with Gasteiger partial charge in [0.05, 0.1) is 17.2 Å². The molecule has 2 aromatic carbocycles. The summed E-state index contributed by atoms with van der Waals surface area (Å²) in [6, 6.07) is 7.79. The number of benzene rings is 2. The summed E-state index contributed by atoms with van der Waals surface area (Å²) in [5.74, 6) is -1.78. The minimum Gasteiger partial charge on any atom is -0.453 e. The molecule has 0 radical (unpaired) electrons. The van der Waals surface area contributed by atoms with Crippen LogP contribution in [0.5, 0.6) is 11.5 Å². The number of hydrogen-bond acceptors (Lipinski definition) is 6. The molecule has 10 heteroatoms. The zero-order valence-electron chi connectivity index (χ0n) is 21.7. The number of nitrogens with zero attached hydrogens (tertiary/aromatic N) is 4. The number of aryl methyl sites for hydroxylation is 1. The first-order chi connectivity index (χ1) is 18.1. The highest BCUT2D eigenvalue weighted by atomic mass is 19.1. The fourth-order valence-electron chi connectivity index (χ4n) is 4.50. The lowest BCUT2D eigenvalue weighted by Gasteiger charge is -2.33. The predicted molar refractivity (Wildman–Crippen MR) is 137 cm³/mol. The van der Waals surface area contributed by atoms with Gasteiger partial charge in [-0.1, -0.05) is 0 Å². The average Bonchev–Trinajstić information content (AvgIpc) is 2.87. The van der Waals surface area contributed by atoms with Crippen LogP contribution in [0.3, 0.4) is 0 Å². The second-order valence-corrected chi connectivity index (χ2v) is 10.4. The lowest BCUT2D eigenvalue weighted by atomic mass is 9.92. The lowest BCUT2D eigenvalue weighted by molar-refractivity contribution is 0.0180. The van der Waals surface area contributed by atoms with Gasteiger partial charge in [-0.15, -0.1) is 0 Å². The number of nitriles is 1. The van der Waals surface area contributed by atoms with E-state index in [9.17, 15) is 23.6 Å². The van der Waals surface area contributed by atoms with Crippen molar-refractivity contribution in [3.8, 4) is 17.6 Å². The Kier molecular flexibility index (Phi) is 7.95. The standard InChI is InChI=1S/C28H30F2N4O4/c1-28(2,3)38-27(36)33-13-10-18(11-14-33)5-4-12-34-17-32-24-9-6-19(15-20(24)26(34)35)37-25-21(16-31)22(29)7-8-23(25)30/h6-9,15,17-18H,4-5,10-14H2,1-3H3. The highest BCUT2D eigenvalue weighted by molar-refractivity contribution is 5.79. The third-order valence-electron chi connectivity index (χ3n) is 6.46. The first-order valence-corrected chi connectivity index (χ1v) is 12.6. The molecule has 0 unspecified atom stereocenters. The number of carbonyl (C=O) groups excluding carboxylic acids is 1. The van der Waals surface area contributed by atoms with Gasteiger partial charge in [0.2, 0.25) is 0 Å². The fraction of sp³-hybridized carbons (Fsp3) is 0.429. The zero-order chi connectivity index (χ0) is 27.4. The van der Waals surface area contributed by atoms with Crippen molar-refractivity contribution >= 4 is 17.0 Å². The second kappa shape index (κ2) is 11.2. The molecular weight excluding hydrogens is 494 g/mol. The van der Waals surface area contributed by atoms with Crippen molar-refractivity contribution in [1.82, 2.24) is 14.5 Å². The van der Waals surface area contributed by atoms with Crippen LogP contribution in [0.25, 0.3) is 10.9 Å². The molecule has 4 rings (SSSR count). The largest absolute Gasteiger partial charge is 0.453 e. The summed E-state index contributed by atoms with van der Waals surface area (Å²) in [6.45, 7) is 7.33. The molecular formula is C28H30F2N4O4. The minimum absolute atomic E-state index is 0.0897. The molecule has 1 saturated heterocycles. The first kappa shape index (κ1) is 27.0. The van der Waals surface area contributed by atoms with E-state index in [2.05, 4.69) is 4.98 Å². The van der Waals surface area contributed by atoms with E-state index in [0.717, 1.165) is 37.8 Å². The van der Waals surface area contributed by atoms with Crippen LogP contribution in [0.2, 0.25) is 0 Å². The minimum atomic E-state index is -0.899. The molecule has 1 amide bonds. The lowest BCUT2D eigenvalue weighted by Crippen LogP contribution is -2.41. The fourth-order valence-corrected chi connectivity index (χ4v) is 4.50. The van der Waals surface area contributed by atoms with Gasteiger partial charge in [-0.3, -0.25) is 9.36 Å². The van der Waals surface area contributed by atoms with Crippen molar-refractivity contribution in [1.29, 1.82) is 5.26 Å². The van der Waals surface area contributed by atoms with Crippen molar-refractivity contribution in [3.63, 3.8) is 0 Å². The van der Waals surface area contributed by atoms with Crippen LogP contribution in [0.4, 0.5) is 13.6 Å². The van der Waals surface area contributed by atoms with Crippen LogP contribution in [-0.4, -0.2) is 39.2 Å². The van der Waals surface area contributed by atoms with Crippen LogP contribution < -0.4 is 10.3 Å².